The fourth-order valence-corrected chi connectivity index (χ4v) is 6.31. The molecule has 2 aromatic rings. The van der Waals surface area contributed by atoms with E-state index in [4.69, 9.17) is 46.4 Å². The predicted octanol–water partition coefficient (Wildman–Crippen LogP) is 6.32. The van der Waals surface area contributed by atoms with Crippen LogP contribution in [0.3, 0.4) is 0 Å². The molecule has 0 heterocycles. The summed E-state index contributed by atoms with van der Waals surface area (Å²) in [6.07, 6.45) is 6.27. The number of benzene rings is 2. The van der Waals surface area contributed by atoms with Gasteiger partial charge < -0.3 is 10.2 Å². The third-order valence-corrected chi connectivity index (χ3v) is 9.09. The normalized spacial score (nSPS) is 15.1. The summed E-state index contributed by atoms with van der Waals surface area (Å²) < 4.78 is 26.5. The van der Waals surface area contributed by atoms with Gasteiger partial charge in [0.1, 0.15) is 12.6 Å². The molecule has 2 amide bonds. The topological polar surface area (TPSA) is 86.8 Å². The van der Waals surface area contributed by atoms with E-state index in [-0.39, 0.29) is 39.2 Å². The second-order valence-corrected chi connectivity index (χ2v) is 12.9. The van der Waals surface area contributed by atoms with Crippen molar-refractivity contribution in [3.63, 3.8) is 0 Å². The van der Waals surface area contributed by atoms with E-state index in [2.05, 4.69) is 5.32 Å². The molecule has 0 spiro atoms. The summed E-state index contributed by atoms with van der Waals surface area (Å²) >= 11 is 24.9. The highest BCUT2D eigenvalue weighted by atomic mass is 35.5. The first-order valence-corrected chi connectivity index (χ1v) is 15.7. The molecule has 1 aliphatic carbocycles. The van der Waals surface area contributed by atoms with Crippen molar-refractivity contribution < 1.29 is 18.0 Å². The zero-order valence-corrected chi connectivity index (χ0v) is 25.1. The lowest BCUT2D eigenvalue weighted by Gasteiger charge is -2.34. The molecule has 0 bridgehead atoms. The molecule has 1 fully saturated rings. The molecule has 1 aliphatic rings. The average Bonchev–Trinajstić information content (AvgIpc) is 2.86. The SMILES string of the molecule is CCC(C(=O)NC1CCCCC1)N(Cc1ccccc1Cl)C(=O)CN(c1cc(Cl)c(Cl)cc1Cl)S(C)(=O)=O. The van der Waals surface area contributed by atoms with Gasteiger partial charge in [0.05, 0.1) is 27.0 Å². The molecular formula is C26H31Cl4N3O4S. The Kier molecular flexibility index (Phi) is 11.0. The molecule has 1 unspecified atom stereocenters. The van der Waals surface area contributed by atoms with Gasteiger partial charge in [0.25, 0.3) is 0 Å². The fraction of sp³-hybridized carbons (Fsp3) is 0.462. The van der Waals surface area contributed by atoms with Crippen LogP contribution in [-0.4, -0.2) is 50.0 Å². The Morgan fingerprint density at radius 3 is 2.21 bits per heavy atom. The number of amides is 2. The summed E-state index contributed by atoms with van der Waals surface area (Å²) in [6, 6.07) is 8.83. The molecule has 3 rings (SSSR count). The molecule has 1 saturated carbocycles. The monoisotopic (exact) mass is 621 g/mol. The number of halogens is 4. The van der Waals surface area contributed by atoms with Gasteiger partial charge in [-0.05, 0) is 43.0 Å². The van der Waals surface area contributed by atoms with Crippen LogP contribution in [0.2, 0.25) is 20.1 Å². The smallest absolute Gasteiger partial charge is 0.244 e. The summed E-state index contributed by atoms with van der Waals surface area (Å²) in [5.41, 5.74) is 0.638. The number of nitrogens with zero attached hydrogens (tertiary/aromatic N) is 2. The first kappa shape index (κ1) is 30.8. The van der Waals surface area contributed by atoms with Crippen LogP contribution in [0, 0.1) is 0 Å². The zero-order valence-electron chi connectivity index (χ0n) is 21.2. The van der Waals surface area contributed by atoms with Gasteiger partial charge in [0.2, 0.25) is 21.8 Å². The van der Waals surface area contributed by atoms with E-state index < -0.39 is 28.5 Å². The molecule has 0 aliphatic heterocycles. The van der Waals surface area contributed by atoms with E-state index in [0.29, 0.717) is 17.0 Å². The summed E-state index contributed by atoms with van der Waals surface area (Å²) in [4.78, 5) is 28.7. The minimum atomic E-state index is -3.98. The van der Waals surface area contributed by atoms with Gasteiger partial charge >= 0.3 is 0 Å². The molecule has 0 saturated heterocycles. The Balaban J connectivity index is 1.97. The zero-order chi connectivity index (χ0) is 28.0. The van der Waals surface area contributed by atoms with Gasteiger partial charge in [-0.15, -0.1) is 0 Å². The van der Waals surface area contributed by atoms with Crippen LogP contribution in [0.1, 0.15) is 51.0 Å². The van der Waals surface area contributed by atoms with E-state index in [9.17, 15) is 18.0 Å². The van der Waals surface area contributed by atoms with Crippen molar-refractivity contribution in [1.82, 2.24) is 10.2 Å². The third kappa shape index (κ3) is 7.92. The highest BCUT2D eigenvalue weighted by Crippen LogP contribution is 2.36. The van der Waals surface area contributed by atoms with Gasteiger partial charge in [-0.2, -0.15) is 0 Å². The summed E-state index contributed by atoms with van der Waals surface area (Å²) in [5.74, 6) is -0.874. The third-order valence-electron chi connectivity index (χ3n) is 6.57. The molecule has 2 aromatic carbocycles. The van der Waals surface area contributed by atoms with Crippen molar-refractivity contribution >= 4 is 73.9 Å². The molecular weight excluding hydrogens is 592 g/mol. The molecule has 12 heteroatoms. The average molecular weight is 623 g/mol. The standard InChI is InChI=1S/C26H31Cl4N3O4S/c1-3-23(26(35)31-18-10-5-4-6-11-18)32(15-17-9-7-8-12-19(17)27)25(34)16-33(38(2,36)37)24-14-21(29)20(28)13-22(24)30/h7-9,12-14,18,23H,3-6,10-11,15-16H2,1-2H3,(H,31,35). The van der Waals surface area contributed by atoms with Gasteiger partial charge in [-0.3, -0.25) is 13.9 Å². The summed E-state index contributed by atoms with van der Waals surface area (Å²) in [6.45, 7) is 1.22. The largest absolute Gasteiger partial charge is 0.352 e. The lowest BCUT2D eigenvalue weighted by Crippen LogP contribution is -2.54. The van der Waals surface area contributed by atoms with Crippen molar-refractivity contribution in [2.45, 2.75) is 64.1 Å². The Hall–Kier alpha value is -1.71. The molecule has 1 N–H and O–H groups in total. The van der Waals surface area contributed by atoms with E-state index in [1.54, 1.807) is 24.3 Å². The summed E-state index contributed by atoms with van der Waals surface area (Å²) in [7, 11) is -3.98. The second-order valence-electron chi connectivity index (χ2n) is 9.37. The Bertz CT molecular complexity index is 1270. The Morgan fingerprint density at radius 1 is 0.974 bits per heavy atom. The van der Waals surface area contributed by atoms with Gasteiger partial charge in [-0.1, -0.05) is 90.8 Å². The van der Waals surface area contributed by atoms with Gasteiger partial charge in [0, 0.05) is 17.6 Å². The number of hydrogen-bond acceptors (Lipinski definition) is 4. The van der Waals surface area contributed by atoms with E-state index in [1.165, 1.54) is 17.0 Å². The Labute approximate surface area is 244 Å². The van der Waals surface area contributed by atoms with Crippen LogP contribution < -0.4 is 9.62 Å². The maximum Gasteiger partial charge on any atom is 0.244 e. The van der Waals surface area contributed by atoms with Gasteiger partial charge in [0.15, 0.2) is 0 Å². The molecule has 0 radical (unpaired) electrons. The van der Waals surface area contributed by atoms with Crippen molar-refractivity contribution in [3.8, 4) is 0 Å². The number of hydrogen-bond donors (Lipinski definition) is 1. The van der Waals surface area contributed by atoms with Crippen molar-refractivity contribution in [2.24, 2.45) is 0 Å². The highest BCUT2D eigenvalue weighted by Gasteiger charge is 2.33. The van der Waals surface area contributed by atoms with Gasteiger partial charge in [-0.25, -0.2) is 8.42 Å². The van der Waals surface area contributed by atoms with E-state index in [1.807, 2.05) is 6.92 Å². The molecule has 208 valence electrons. The lowest BCUT2D eigenvalue weighted by atomic mass is 9.95. The number of rotatable bonds is 10. The van der Waals surface area contributed by atoms with Crippen LogP contribution >= 0.6 is 46.4 Å². The molecule has 7 nitrogen and oxygen atoms in total. The maximum absolute atomic E-state index is 13.8. The highest BCUT2D eigenvalue weighted by molar-refractivity contribution is 7.92. The maximum atomic E-state index is 13.8. The van der Waals surface area contributed by atoms with Crippen molar-refractivity contribution in [1.29, 1.82) is 0 Å². The number of carbonyl (C=O) groups excluding carboxylic acids is 2. The van der Waals surface area contributed by atoms with Crippen LogP contribution in [0.25, 0.3) is 0 Å². The minimum Gasteiger partial charge on any atom is -0.352 e. The second kappa shape index (κ2) is 13.6. The number of nitrogens with one attached hydrogen (secondary N) is 1. The molecule has 1 atom stereocenters. The Morgan fingerprint density at radius 2 is 1.61 bits per heavy atom. The number of sulfonamides is 1. The lowest BCUT2D eigenvalue weighted by molar-refractivity contribution is -0.140. The molecule has 0 aromatic heterocycles. The first-order chi connectivity index (χ1) is 17.9. The number of carbonyl (C=O) groups is 2. The quantitative estimate of drug-likeness (QED) is 0.314. The van der Waals surface area contributed by atoms with E-state index >= 15 is 0 Å². The van der Waals surface area contributed by atoms with E-state index in [0.717, 1.165) is 42.7 Å². The predicted molar refractivity (Wildman–Crippen MR) is 155 cm³/mol. The summed E-state index contributed by atoms with van der Waals surface area (Å²) in [5, 5.41) is 3.76. The van der Waals surface area contributed by atoms with Crippen molar-refractivity contribution in [3.05, 3.63) is 62.1 Å². The first-order valence-electron chi connectivity index (χ1n) is 12.4. The molecule has 38 heavy (non-hydrogen) atoms. The van der Waals surface area contributed by atoms with Crippen LogP contribution in [0.15, 0.2) is 36.4 Å². The van der Waals surface area contributed by atoms with Crippen LogP contribution in [0.4, 0.5) is 5.69 Å². The fourth-order valence-electron chi connectivity index (χ4n) is 4.57. The number of anilines is 1. The van der Waals surface area contributed by atoms with Crippen molar-refractivity contribution in [2.75, 3.05) is 17.1 Å². The minimum absolute atomic E-state index is 0.00863. The van der Waals surface area contributed by atoms with Crippen LogP contribution in [-0.2, 0) is 26.2 Å². The van der Waals surface area contributed by atoms with Crippen LogP contribution in [0.5, 0.6) is 0 Å².